The molecule has 0 saturated carbocycles. The van der Waals surface area contributed by atoms with E-state index in [1.807, 2.05) is 30.3 Å². The van der Waals surface area contributed by atoms with Gasteiger partial charge in [0, 0.05) is 12.1 Å². The number of carbonyl (C=O) groups excluding carboxylic acids is 2. The quantitative estimate of drug-likeness (QED) is 0.581. The lowest BCUT2D eigenvalue weighted by Crippen LogP contribution is -2.28. The summed E-state index contributed by atoms with van der Waals surface area (Å²) in [5.41, 5.74) is 1.19. The Morgan fingerprint density at radius 1 is 1.07 bits per heavy atom. The Hall–Kier alpha value is -3.03. The number of nitrogens with zero attached hydrogens (tertiary/aromatic N) is 1. The maximum Gasteiger partial charge on any atom is 0.345 e. The van der Waals surface area contributed by atoms with Crippen LogP contribution in [0.3, 0.4) is 0 Å². The maximum atomic E-state index is 12.3. The Morgan fingerprint density at radius 3 is 2.39 bits per heavy atom. The molecule has 3 rings (SSSR count). The third-order valence-electron chi connectivity index (χ3n) is 3.80. The van der Waals surface area contributed by atoms with Crippen LogP contribution in [-0.2, 0) is 11.3 Å². The van der Waals surface area contributed by atoms with Crippen LogP contribution in [0.15, 0.2) is 53.1 Å². The van der Waals surface area contributed by atoms with Crippen molar-refractivity contribution in [3.05, 3.63) is 69.7 Å². The highest BCUT2D eigenvalue weighted by Crippen LogP contribution is 2.38. The molecule has 0 unspecified atom stereocenters. The van der Waals surface area contributed by atoms with E-state index in [1.165, 1.54) is 7.11 Å². The zero-order valence-electron chi connectivity index (χ0n) is 14.7. The standard InChI is InChI=1S/C19H15Cl2N3O4/c1-27-18(25)15-16(14-12(20)8-5-9-13(14)21)24-28-17(15)23-19(26)22-10-11-6-3-2-4-7-11/h2-9H,10H2,1H3,(H2,22,23,26). The minimum Gasteiger partial charge on any atom is -0.465 e. The van der Waals surface area contributed by atoms with Crippen molar-refractivity contribution in [3.63, 3.8) is 0 Å². The first-order chi connectivity index (χ1) is 13.5. The van der Waals surface area contributed by atoms with Crippen LogP contribution in [0.25, 0.3) is 11.3 Å². The number of anilines is 1. The molecule has 0 aliphatic rings. The summed E-state index contributed by atoms with van der Waals surface area (Å²) >= 11 is 12.4. The van der Waals surface area contributed by atoms with Crippen molar-refractivity contribution in [2.75, 3.05) is 12.4 Å². The van der Waals surface area contributed by atoms with Crippen molar-refractivity contribution < 1.29 is 18.8 Å². The predicted molar refractivity (Wildman–Crippen MR) is 106 cm³/mol. The second-order valence-electron chi connectivity index (χ2n) is 5.62. The number of benzene rings is 2. The molecule has 0 saturated heterocycles. The molecule has 0 spiro atoms. The third-order valence-corrected chi connectivity index (χ3v) is 4.43. The Bertz CT molecular complexity index is 985. The number of hydrogen-bond acceptors (Lipinski definition) is 5. The average Bonchev–Trinajstić information content (AvgIpc) is 3.09. The van der Waals surface area contributed by atoms with Crippen molar-refractivity contribution >= 4 is 41.1 Å². The lowest BCUT2D eigenvalue weighted by molar-refractivity contribution is 0.0602. The summed E-state index contributed by atoms with van der Waals surface area (Å²) < 4.78 is 9.96. The Labute approximate surface area is 170 Å². The van der Waals surface area contributed by atoms with E-state index in [1.54, 1.807) is 18.2 Å². The van der Waals surface area contributed by atoms with E-state index in [2.05, 4.69) is 15.8 Å². The van der Waals surface area contributed by atoms with Gasteiger partial charge in [0.25, 0.3) is 0 Å². The molecule has 1 aromatic heterocycles. The molecule has 0 aliphatic heterocycles. The first-order valence-electron chi connectivity index (χ1n) is 8.12. The van der Waals surface area contributed by atoms with Crippen molar-refractivity contribution in [1.82, 2.24) is 10.5 Å². The summed E-state index contributed by atoms with van der Waals surface area (Å²) in [6.45, 7) is 0.289. The number of amides is 2. The summed E-state index contributed by atoms with van der Waals surface area (Å²) in [4.78, 5) is 24.5. The zero-order chi connectivity index (χ0) is 20.1. The Morgan fingerprint density at radius 2 is 1.75 bits per heavy atom. The summed E-state index contributed by atoms with van der Waals surface area (Å²) in [5, 5.41) is 9.52. The van der Waals surface area contributed by atoms with Gasteiger partial charge in [-0.15, -0.1) is 0 Å². The maximum absolute atomic E-state index is 12.3. The molecule has 28 heavy (non-hydrogen) atoms. The minimum atomic E-state index is -0.759. The summed E-state index contributed by atoms with van der Waals surface area (Å²) in [6.07, 6.45) is 0. The fraction of sp³-hybridized carbons (Fsp3) is 0.105. The van der Waals surface area contributed by atoms with Crippen LogP contribution in [0.5, 0.6) is 0 Å². The molecule has 7 nitrogen and oxygen atoms in total. The van der Waals surface area contributed by atoms with Crippen LogP contribution in [0, 0.1) is 0 Å². The monoisotopic (exact) mass is 419 g/mol. The molecule has 144 valence electrons. The number of rotatable bonds is 5. The van der Waals surface area contributed by atoms with Gasteiger partial charge < -0.3 is 14.6 Å². The van der Waals surface area contributed by atoms with E-state index in [0.29, 0.717) is 5.56 Å². The predicted octanol–water partition coefficient (Wildman–Crippen LogP) is 4.76. The molecule has 0 atom stereocenters. The molecule has 2 aromatic carbocycles. The van der Waals surface area contributed by atoms with Gasteiger partial charge in [-0.2, -0.15) is 0 Å². The molecule has 1 heterocycles. The van der Waals surface area contributed by atoms with Crippen LogP contribution in [-0.4, -0.2) is 24.3 Å². The van der Waals surface area contributed by atoms with Crippen molar-refractivity contribution in [2.45, 2.75) is 6.54 Å². The first kappa shape index (κ1) is 19.7. The molecule has 0 aliphatic carbocycles. The van der Waals surface area contributed by atoms with Crippen molar-refractivity contribution in [3.8, 4) is 11.3 Å². The number of halogens is 2. The van der Waals surface area contributed by atoms with Crippen LogP contribution in [0.1, 0.15) is 15.9 Å². The lowest BCUT2D eigenvalue weighted by Gasteiger charge is -2.08. The highest BCUT2D eigenvalue weighted by atomic mass is 35.5. The fourth-order valence-electron chi connectivity index (χ4n) is 2.49. The van der Waals surface area contributed by atoms with E-state index in [-0.39, 0.29) is 33.7 Å². The number of methoxy groups -OCH3 is 1. The molecule has 0 radical (unpaired) electrons. The summed E-state index contributed by atoms with van der Waals surface area (Å²) in [5.74, 6) is -0.936. The lowest BCUT2D eigenvalue weighted by atomic mass is 10.1. The largest absolute Gasteiger partial charge is 0.465 e. The van der Waals surface area contributed by atoms with Gasteiger partial charge in [-0.05, 0) is 17.7 Å². The van der Waals surface area contributed by atoms with Gasteiger partial charge in [0.05, 0.1) is 17.2 Å². The van der Waals surface area contributed by atoms with Crippen molar-refractivity contribution in [2.24, 2.45) is 0 Å². The number of aromatic nitrogens is 1. The Kier molecular flexibility index (Phi) is 6.18. The van der Waals surface area contributed by atoms with Gasteiger partial charge >= 0.3 is 12.0 Å². The molecular weight excluding hydrogens is 405 g/mol. The molecule has 3 aromatic rings. The topological polar surface area (TPSA) is 93.5 Å². The second-order valence-corrected chi connectivity index (χ2v) is 6.43. The number of esters is 1. The van der Waals surface area contributed by atoms with E-state index in [4.69, 9.17) is 32.5 Å². The van der Waals surface area contributed by atoms with Gasteiger partial charge in [0.1, 0.15) is 5.69 Å². The van der Waals surface area contributed by atoms with E-state index in [9.17, 15) is 9.59 Å². The van der Waals surface area contributed by atoms with Crippen LogP contribution in [0.2, 0.25) is 10.0 Å². The van der Waals surface area contributed by atoms with Gasteiger partial charge in [-0.3, -0.25) is 5.32 Å². The van der Waals surface area contributed by atoms with Crippen molar-refractivity contribution in [1.29, 1.82) is 0 Å². The van der Waals surface area contributed by atoms with Gasteiger partial charge in [-0.25, -0.2) is 9.59 Å². The smallest absolute Gasteiger partial charge is 0.345 e. The number of urea groups is 1. The summed E-state index contributed by atoms with van der Waals surface area (Å²) in [6, 6.07) is 13.6. The first-order valence-corrected chi connectivity index (χ1v) is 8.88. The average molecular weight is 420 g/mol. The Balaban J connectivity index is 1.86. The highest BCUT2D eigenvalue weighted by molar-refractivity contribution is 6.39. The highest BCUT2D eigenvalue weighted by Gasteiger charge is 2.28. The van der Waals surface area contributed by atoms with Crippen LogP contribution in [0.4, 0.5) is 10.7 Å². The fourth-order valence-corrected chi connectivity index (χ4v) is 3.06. The van der Waals surface area contributed by atoms with Crippen LogP contribution >= 0.6 is 23.2 Å². The molecule has 2 N–H and O–H groups in total. The second kappa shape index (κ2) is 8.77. The third kappa shape index (κ3) is 4.27. The van der Waals surface area contributed by atoms with E-state index in [0.717, 1.165) is 5.56 Å². The van der Waals surface area contributed by atoms with Crippen LogP contribution < -0.4 is 10.6 Å². The molecule has 0 bridgehead atoms. The number of hydrogen-bond donors (Lipinski definition) is 2. The number of nitrogens with one attached hydrogen (secondary N) is 2. The minimum absolute atomic E-state index is 0.0702. The molecular formula is C19H15Cl2N3O4. The summed E-state index contributed by atoms with van der Waals surface area (Å²) in [7, 11) is 1.20. The van der Waals surface area contributed by atoms with Gasteiger partial charge in [0.2, 0.25) is 5.88 Å². The molecule has 0 fully saturated rings. The van der Waals surface area contributed by atoms with Gasteiger partial charge in [-0.1, -0.05) is 64.8 Å². The normalized spacial score (nSPS) is 10.4. The zero-order valence-corrected chi connectivity index (χ0v) is 16.2. The van der Waals surface area contributed by atoms with E-state index < -0.39 is 12.0 Å². The molecule has 9 heteroatoms. The SMILES string of the molecule is COC(=O)c1c(-c2c(Cl)cccc2Cl)noc1NC(=O)NCc1ccccc1. The molecule has 2 amide bonds. The van der Waals surface area contributed by atoms with Gasteiger partial charge in [0.15, 0.2) is 5.56 Å². The van der Waals surface area contributed by atoms with E-state index >= 15 is 0 Å². The number of carbonyl (C=O) groups is 2. The number of ether oxygens (including phenoxy) is 1.